The van der Waals surface area contributed by atoms with Gasteiger partial charge < -0.3 is 4.74 Å². The van der Waals surface area contributed by atoms with Crippen LogP contribution in [-0.4, -0.2) is 45.4 Å². The average Bonchev–Trinajstić information content (AvgIpc) is 2.29. The molecule has 18 heavy (non-hydrogen) atoms. The highest BCUT2D eigenvalue weighted by Gasteiger charge is 2.22. The normalized spacial score (nSPS) is 13.8. The van der Waals surface area contributed by atoms with Crippen LogP contribution in [0.5, 0.6) is 0 Å². The minimum atomic E-state index is -3.48. The first-order valence-corrected chi connectivity index (χ1v) is 7.41. The molecule has 0 fully saturated rings. The summed E-state index contributed by atoms with van der Waals surface area (Å²) in [7, 11) is -0.433. The lowest BCUT2D eigenvalue weighted by Crippen LogP contribution is -2.34. The number of ether oxygens (including phenoxy) is 1. The van der Waals surface area contributed by atoms with E-state index in [1.807, 2.05) is 13.0 Å². The molecule has 1 rings (SSSR count). The summed E-state index contributed by atoms with van der Waals surface area (Å²) in [6.07, 6.45) is 0. The van der Waals surface area contributed by atoms with Crippen LogP contribution in [0.3, 0.4) is 0 Å². The molecule has 0 aromatic heterocycles. The first-order chi connectivity index (χ1) is 8.37. The van der Waals surface area contributed by atoms with E-state index in [-0.39, 0.29) is 16.8 Å². The quantitative estimate of drug-likeness (QED) is 0.752. The van der Waals surface area contributed by atoms with Gasteiger partial charge in [-0.1, -0.05) is 12.1 Å². The Morgan fingerprint density at radius 1 is 1.44 bits per heavy atom. The zero-order valence-electron chi connectivity index (χ0n) is 10.8. The maximum Gasteiger partial charge on any atom is 0.242 e. The van der Waals surface area contributed by atoms with E-state index in [2.05, 4.69) is 0 Å². The van der Waals surface area contributed by atoms with Gasteiger partial charge >= 0.3 is 0 Å². The second-order valence-corrected chi connectivity index (χ2v) is 6.82. The zero-order valence-corrected chi connectivity index (χ0v) is 12.3. The summed E-state index contributed by atoms with van der Waals surface area (Å²) < 4.78 is 30.6. The molecule has 0 aliphatic carbocycles. The fourth-order valence-corrected chi connectivity index (χ4v) is 3.30. The molecule has 0 bridgehead atoms. The van der Waals surface area contributed by atoms with Crippen molar-refractivity contribution in [1.82, 2.24) is 4.31 Å². The van der Waals surface area contributed by atoms with Crippen LogP contribution in [0.15, 0.2) is 29.2 Å². The van der Waals surface area contributed by atoms with Gasteiger partial charge in [0.2, 0.25) is 10.0 Å². The van der Waals surface area contributed by atoms with E-state index < -0.39 is 10.0 Å². The summed E-state index contributed by atoms with van der Waals surface area (Å²) in [5.74, 6) is 0. The van der Waals surface area contributed by atoms with E-state index >= 15 is 0 Å². The Morgan fingerprint density at radius 3 is 2.67 bits per heavy atom. The molecule has 0 aliphatic rings. The van der Waals surface area contributed by atoms with Gasteiger partial charge in [0.25, 0.3) is 0 Å². The molecule has 1 unspecified atom stereocenters. The monoisotopic (exact) mass is 291 g/mol. The number of aryl methyl sites for hydroxylation is 1. The van der Waals surface area contributed by atoms with E-state index in [9.17, 15) is 8.42 Å². The first kappa shape index (κ1) is 15.4. The number of hydrogen-bond acceptors (Lipinski definition) is 3. The van der Waals surface area contributed by atoms with E-state index in [1.54, 1.807) is 18.2 Å². The molecule has 0 spiro atoms. The van der Waals surface area contributed by atoms with Crippen LogP contribution in [0.1, 0.15) is 5.56 Å². The summed E-state index contributed by atoms with van der Waals surface area (Å²) in [6, 6.07) is 6.81. The van der Waals surface area contributed by atoms with Gasteiger partial charge in [-0.25, -0.2) is 8.42 Å². The van der Waals surface area contributed by atoms with E-state index in [0.29, 0.717) is 6.61 Å². The summed E-state index contributed by atoms with van der Waals surface area (Å²) in [5.41, 5.74) is 0.906. The molecule has 0 saturated heterocycles. The molecule has 0 N–H and O–H groups in total. The molecule has 1 aromatic carbocycles. The van der Waals surface area contributed by atoms with Crippen LogP contribution in [0.25, 0.3) is 0 Å². The average molecular weight is 292 g/mol. The van der Waals surface area contributed by atoms with Gasteiger partial charge in [-0.2, -0.15) is 4.31 Å². The third-order valence-electron chi connectivity index (χ3n) is 2.50. The van der Waals surface area contributed by atoms with Crippen LogP contribution in [-0.2, 0) is 14.8 Å². The smallest absolute Gasteiger partial charge is 0.242 e. The van der Waals surface area contributed by atoms with Crippen molar-refractivity contribution >= 4 is 21.6 Å². The molecule has 102 valence electrons. The largest absolute Gasteiger partial charge is 0.383 e. The molecule has 1 aromatic rings. The number of sulfonamides is 1. The Balaban J connectivity index is 2.86. The summed E-state index contributed by atoms with van der Waals surface area (Å²) in [4.78, 5) is 0.284. The standard InChI is InChI=1S/C12H18ClNO3S/c1-10-5-4-6-12(7-10)18(15,16)14(2)8-11(13)9-17-3/h4-7,11H,8-9H2,1-3H3. The lowest BCUT2D eigenvalue weighted by molar-refractivity contribution is 0.192. The Labute approximate surface area is 114 Å². The van der Waals surface area contributed by atoms with Crippen LogP contribution in [0.2, 0.25) is 0 Å². The highest BCUT2D eigenvalue weighted by molar-refractivity contribution is 7.89. The fraction of sp³-hybridized carbons (Fsp3) is 0.500. The highest BCUT2D eigenvalue weighted by Crippen LogP contribution is 2.16. The molecular weight excluding hydrogens is 274 g/mol. The number of rotatable bonds is 6. The van der Waals surface area contributed by atoms with E-state index in [1.165, 1.54) is 18.5 Å². The molecule has 6 heteroatoms. The first-order valence-electron chi connectivity index (χ1n) is 5.54. The van der Waals surface area contributed by atoms with Crippen molar-refractivity contribution in [1.29, 1.82) is 0 Å². The van der Waals surface area contributed by atoms with E-state index in [4.69, 9.17) is 16.3 Å². The van der Waals surface area contributed by atoms with Crippen LogP contribution >= 0.6 is 11.6 Å². The van der Waals surface area contributed by atoms with Gasteiger partial charge in [-0.15, -0.1) is 11.6 Å². The SMILES string of the molecule is COCC(Cl)CN(C)S(=O)(=O)c1cccc(C)c1. The minimum Gasteiger partial charge on any atom is -0.383 e. The molecule has 0 radical (unpaired) electrons. The Kier molecular flexibility index (Phi) is 5.59. The molecule has 1 atom stereocenters. The van der Waals surface area contributed by atoms with Gasteiger partial charge in [-0.05, 0) is 24.6 Å². The summed E-state index contributed by atoms with van der Waals surface area (Å²) in [5, 5.41) is -0.361. The third-order valence-corrected chi connectivity index (χ3v) is 4.58. The van der Waals surface area contributed by atoms with Crippen molar-refractivity contribution in [2.24, 2.45) is 0 Å². The Morgan fingerprint density at radius 2 is 2.11 bits per heavy atom. The van der Waals surface area contributed by atoms with Crippen molar-refractivity contribution in [3.05, 3.63) is 29.8 Å². The molecule has 0 aliphatic heterocycles. The van der Waals surface area contributed by atoms with Crippen molar-refractivity contribution in [3.63, 3.8) is 0 Å². The molecule has 0 heterocycles. The molecule has 4 nitrogen and oxygen atoms in total. The van der Waals surface area contributed by atoms with Gasteiger partial charge in [0.15, 0.2) is 0 Å². The molecule has 0 amide bonds. The predicted octanol–water partition coefficient (Wildman–Crippen LogP) is 1.87. The van der Waals surface area contributed by atoms with Crippen LogP contribution < -0.4 is 0 Å². The number of halogens is 1. The van der Waals surface area contributed by atoms with Crippen molar-refractivity contribution in [2.75, 3.05) is 27.3 Å². The maximum absolute atomic E-state index is 12.3. The van der Waals surface area contributed by atoms with Gasteiger partial charge in [0.1, 0.15) is 0 Å². The number of benzene rings is 1. The topological polar surface area (TPSA) is 46.6 Å². The molecular formula is C12H18ClNO3S. The summed E-state index contributed by atoms with van der Waals surface area (Å²) in [6.45, 7) is 2.38. The van der Waals surface area contributed by atoms with E-state index in [0.717, 1.165) is 5.56 Å². The van der Waals surface area contributed by atoms with Crippen LogP contribution in [0, 0.1) is 6.92 Å². The second-order valence-electron chi connectivity index (χ2n) is 4.15. The number of methoxy groups -OCH3 is 1. The molecule has 0 saturated carbocycles. The lowest BCUT2D eigenvalue weighted by atomic mass is 10.2. The Bertz CT molecular complexity index is 490. The van der Waals surface area contributed by atoms with Crippen molar-refractivity contribution in [3.8, 4) is 0 Å². The maximum atomic E-state index is 12.3. The third kappa shape index (κ3) is 3.95. The second kappa shape index (κ2) is 6.52. The Hall–Kier alpha value is -0.620. The van der Waals surface area contributed by atoms with Gasteiger partial charge in [0.05, 0.1) is 16.9 Å². The predicted molar refractivity (Wildman–Crippen MR) is 72.5 cm³/mol. The zero-order chi connectivity index (χ0) is 13.8. The van der Waals surface area contributed by atoms with Crippen LogP contribution in [0.4, 0.5) is 0 Å². The number of alkyl halides is 1. The van der Waals surface area contributed by atoms with Gasteiger partial charge in [-0.3, -0.25) is 0 Å². The van der Waals surface area contributed by atoms with Gasteiger partial charge in [0, 0.05) is 20.7 Å². The number of hydrogen-bond donors (Lipinski definition) is 0. The highest BCUT2D eigenvalue weighted by atomic mass is 35.5. The lowest BCUT2D eigenvalue weighted by Gasteiger charge is -2.20. The number of nitrogens with zero attached hydrogens (tertiary/aromatic N) is 1. The minimum absolute atomic E-state index is 0.214. The fourth-order valence-electron chi connectivity index (χ4n) is 1.57. The van der Waals surface area contributed by atoms with Crippen molar-refractivity contribution < 1.29 is 13.2 Å². The van der Waals surface area contributed by atoms with Crippen molar-refractivity contribution in [2.45, 2.75) is 17.2 Å². The summed E-state index contributed by atoms with van der Waals surface area (Å²) >= 11 is 5.97.